The van der Waals surface area contributed by atoms with Crippen molar-refractivity contribution in [3.63, 3.8) is 0 Å². The number of H-pyrrole nitrogens is 1. The second-order valence-electron chi connectivity index (χ2n) is 10.2. The summed E-state index contributed by atoms with van der Waals surface area (Å²) in [7, 11) is 0. The molecule has 2 N–H and O–H groups in total. The topological polar surface area (TPSA) is 66.8 Å². The minimum atomic E-state index is -0.0791. The first kappa shape index (κ1) is 19.8. The molecule has 1 aromatic heterocycles. The fourth-order valence-corrected chi connectivity index (χ4v) is 6.98. The van der Waals surface area contributed by atoms with Crippen molar-refractivity contribution in [3.8, 4) is 0 Å². The van der Waals surface area contributed by atoms with Crippen LogP contribution >= 0.6 is 0 Å². The van der Waals surface area contributed by atoms with Crippen molar-refractivity contribution in [3.05, 3.63) is 24.5 Å². The summed E-state index contributed by atoms with van der Waals surface area (Å²) in [4.78, 5) is 32.9. The van der Waals surface area contributed by atoms with Gasteiger partial charge in [0.05, 0.1) is 0 Å². The normalized spacial score (nSPS) is 32.3. The number of aromatic amines is 1. The molecule has 5 fully saturated rings. The zero-order chi connectivity index (χ0) is 20.6. The summed E-state index contributed by atoms with van der Waals surface area (Å²) >= 11 is 0. The third-order valence-electron chi connectivity index (χ3n) is 8.07. The van der Waals surface area contributed by atoms with Crippen molar-refractivity contribution >= 4 is 17.5 Å². The highest BCUT2D eigenvalue weighted by molar-refractivity contribution is 5.83. The number of amides is 2. The van der Waals surface area contributed by atoms with Gasteiger partial charge in [0.15, 0.2) is 12.4 Å². The van der Waals surface area contributed by atoms with Crippen molar-refractivity contribution in [2.24, 2.45) is 23.2 Å². The van der Waals surface area contributed by atoms with Crippen LogP contribution in [-0.4, -0.2) is 49.4 Å². The van der Waals surface area contributed by atoms with E-state index in [1.807, 2.05) is 17.3 Å². The van der Waals surface area contributed by atoms with Crippen LogP contribution in [0.1, 0.15) is 51.4 Å². The minimum Gasteiger partial charge on any atom is -0.368 e. The summed E-state index contributed by atoms with van der Waals surface area (Å²) < 4.78 is 0. The molecule has 1 aliphatic heterocycles. The molecule has 2 amide bonds. The molecule has 0 aromatic carbocycles. The maximum absolute atomic E-state index is 13.0. The lowest BCUT2D eigenvalue weighted by Gasteiger charge is -2.55. The molecule has 1 aromatic rings. The smallest absolute Gasteiger partial charge is 0.226 e. The van der Waals surface area contributed by atoms with Gasteiger partial charge in [-0.1, -0.05) is 0 Å². The molecule has 0 atom stereocenters. The van der Waals surface area contributed by atoms with Crippen LogP contribution < -0.4 is 15.2 Å². The number of carbonyl (C=O) groups excluding carboxylic acids is 2. The molecule has 6 nitrogen and oxygen atoms in total. The van der Waals surface area contributed by atoms with Gasteiger partial charge in [-0.25, -0.2) is 4.98 Å². The van der Waals surface area contributed by atoms with E-state index in [2.05, 4.69) is 27.3 Å². The van der Waals surface area contributed by atoms with E-state index in [4.69, 9.17) is 0 Å². The van der Waals surface area contributed by atoms with E-state index in [-0.39, 0.29) is 17.2 Å². The highest BCUT2D eigenvalue weighted by atomic mass is 16.2. The number of carbonyl (C=O) groups is 2. The SMILES string of the molecule is O=C(CCCNC(=O)C12CC3CC(CC(C3)C1)C2)N1CCN(c2cc[nH+]cc2)CC1. The van der Waals surface area contributed by atoms with Crippen LogP contribution in [0.25, 0.3) is 0 Å². The highest BCUT2D eigenvalue weighted by Gasteiger charge is 2.54. The molecule has 4 saturated carbocycles. The Labute approximate surface area is 179 Å². The Morgan fingerprint density at radius 2 is 1.57 bits per heavy atom. The number of nitrogens with zero attached hydrogens (tertiary/aromatic N) is 2. The second-order valence-corrected chi connectivity index (χ2v) is 10.2. The van der Waals surface area contributed by atoms with Gasteiger partial charge in [0.2, 0.25) is 11.8 Å². The van der Waals surface area contributed by atoms with Gasteiger partial charge in [-0.05, 0) is 62.7 Å². The molecule has 4 aliphatic carbocycles. The van der Waals surface area contributed by atoms with Crippen LogP contribution in [0.2, 0.25) is 0 Å². The molecule has 4 bridgehead atoms. The molecule has 162 valence electrons. The van der Waals surface area contributed by atoms with E-state index in [9.17, 15) is 9.59 Å². The van der Waals surface area contributed by atoms with Gasteiger partial charge in [-0.15, -0.1) is 0 Å². The summed E-state index contributed by atoms with van der Waals surface area (Å²) in [5.74, 6) is 2.87. The second kappa shape index (κ2) is 8.20. The van der Waals surface area contributed by atoms with E-state index in [1.54, 1.807) is 0 Å². The number of aromatic nitrogens is 1. The lowest BCUT2D eigenvalue weighted by Crippen LogP contribution is -2.53. The van der Waals surface area contributed by atoms with Gasteiger partial charge in [-0.3, -0.25) is 9.59 Å². The maximum Gasteiger partial charge on any atom is 0.226 e. The Hall–Kier alpha value is -2.11. The zero-order valence-electron chi connectivity index (χ0n) is 17.9. The van der Waals surface area contributed by atoms with Gasteiger partial charge in [0.25, 0.3) is 0 Å². The van der Waals surface area contributed by atoms with Crippen molar-refractivity contribution in [1.82, 2.24) is 10.2 Å². The largest absolute Gasteiger partial charge is 0.368 e. The summed E-state index contributed by atoms with van der Waals surface area (Å²) in [6.45, 7) is 3.93. The fourth-order valence-electron chi connectivity index (χ4n) is 6.98. The van der Waals surface area contributed by atoms with Crippen LogP contribution in [0.3, 0.4) is 0 Å². The Balaban J connectivity index is 1.03. The van der Waals surface area contributed by atoms with Gasteiger partial charge in [0, 0.05) is 62.4 Å². The number of hydrogen-bond acceptors (Lipinski definition) is 3. The summed E-state index contributed by atoms with van der Waals surface area (Å²) in [5.41, 5.74) is 1.12. The summed E-state index contributed by atoms with van der Waals surface area (Å²) in [5, 5.41) is 3.21. The number of hydrogen-bond donors (Lipinski definition) is 1. The van der Waals surface area contributed by atoms with Crippen LogP contribution in [0, 0.1) is 23.2 Å². The van der Waals surface area contributed by atoms with Crippen LogP contribution in [-0.2, 0) is 9.59 Å². The van der Waals surface area contributed by atoms with Gasteiger partial charge >= 0.3 is 0 Å². The average Bonchev–Trinajstić information content (AvgIpc) is 2.76. The van der Waals surface area contributed by atoms with E-state index in [0.29, 0.717) is 13.0 Å². The molecule has 2 heterocycles. The zero-order valence-corrected chi connectivity index (χ0v) is 17.9. The van der Waals surface area contributed by atoms with Crippen LogP contribution in [0.15, 0.2) is 24.5 Å². The Morgan fingerprint density at radius 3 is 2.17 bits per heavy atom. The maximum atomic E-state index is 13.0. The first-order valence-corrected chi connectivity index (χ1v) is 11.9. The lowest BCUT2D eigenvalue weighted by molar-refractivity contribution is -0.377. The molecular formula is C24H35N4O2+. The van der Waals surface area contributed by atoms with Crippen LogP contribution in [0.5, 0.6) is 0 Å². The Morgan fingerprint density at radius 1 is 0.967 bits per heavy atom. The monoisotopic (exact) mass is 411 g/mol. The first-order chi connectivity index (χ1) is 14.6. The fraction of sp³-hybridized carbons (Fsp3) is 0.708. The number of nitrogens with one attached hydrogen (secondary N) is 2. The number of rotatable bonds is 6. The molecule has 6 rings (SSSR count). The van der Waals surface area contributed by atoms with E-state index in [1.165, 1.54) is 24.9 Å². The van der Waals surface area contributed by atoms with Crippen molar-refractivity contribution in [2.75, 3.05) is 37.6 Å². The molecule has 0 radical (unpaired) electrons. The quantitative estimate of drug-likeness (QED) is 0.730. The van der Waals surface area contributed by atoms with Crippen molar-refractivity contribution in [1.29, 1.82) is 0 Å². The predicted molar refractivity (Wildman–Crippen MR) is 115 cm³/mol. The highest BCUT2D eigenvalue weighted by Crippen LogP contribution is 2.60. The molecule has 5 aliphatic rings. The molecule has 1 saturated heterocycles. The van der Waals surface area contributed by atoms with E-state index >= 15 is 0 Å². The summed E-state index contributed by atoms with van der Waals surface area (Å²) in [6.07, 6.45) is 12.5. The molecule has 0 spiro atoms. The van der Waals surface area contributed by atoms with E-state index in [0.717, 1.165) is 69.6 Å². The lowest BCUT2D eigenvalue weighted by atomic mass is 9.49. The number of piperazine rings is 1. The Kier molecular flexibility index (Phi) is 5.42. The minimum absolute atomic E-state index is 0.0791. The molecule has 0 unspecified atom stereocenters. The van der Waals surface area contributed by atoms with Crippen molar-refractivity contribution < 1.29 is 14.6 Å². The Bertz CT molecular complexity index is 737. The molecule has 30 heavy (non-hydrogen) atoms. The van der Waals surface area contributed by atoms with Gasteiger partial charge in [0.1, 0.15) is 0 Å². The third kappa shape index (κ3) is 3.93. The standard InChI is InChI=1S/C24H34N4O2/c29-22(28-10-8-27(9-11-28)21-3-6-25-7-4-21)2-1-5-26-23(30)24-15-18-12-19(16-24)14-20(13-18)17-24/h3-4,6-7,18-20H,1-2,5,8-17H2,(H,26,30)/p+1. The predicted octanol–water partition coefficient (Wildman–Crippen LogP) is 2.26. The average molecular weight is 412 g/mol. The van der Waals surface area contributed by atoms with Gasteiger partial charge < -0.3 is 15.1 Å². The van der Waals surface area contributed by atoms with Gasteiger partial charge in [-0.2, -0.15) is 0 Å². The number of pyridine rings is 1. The third-order valence-corrected chi connectivity index (χ3v) is 8.07. The van der Waals surface area contributed by atoms with Crippen molar-refractivity contribution in [2.45, 2.75) is 51.4 Å². The summed E-state index contributed by atoms with van der Waals surface area (Å²) in [6, 6.07) is 4.15. The first-order valence-electron chi connectivity index (χ1n) is 11.9. The van der Waals surface area contributed by atoms with E-state index < -0.39 is 0 Å². The van der Waals surface area contributed by atoms with Crippen LogP contribution in [0.4, 0.5) is 5.69 Å². The number of anilines is 1. The molecular weight excluding hydrogens is 376 g/mol. The molecule has 6 heteroatoms.